The van der Waals surface area contributed by atoms with E-state index in [4.69, 9.17) is 4.98 Å². The number of hydrogen-bond donors (Lipinski definition) is 1. The molecule has 1 saturated carbocycles. The third-order valence-corrected chi connectivity index (χ3v) is 3.86. The predicted octanol–water partition coefficient (Wildman–Crippen LogP) is 3.45. The predicted molar refractivity (Wildman–Crippen MR) is 89.1 cm³/mol. The molecule has 0 atom stereocenters. The highest BCUT2D eigenvalue weighted by Gasteiger charge is 2.24. The molecule has 1 N–H and O–H groups in total. The van der Waals surface area contributed by atoms with Gasteiger partial charge in [-0.05, 0) is 56.3 Å². The van der Waals surface area contributed by atoms with Crippen LogP contribution in [0.4, 0.5) is 0 Å². The monoisotopic (exact) mass is 289 g/mol. The first-order valence-corrected chi connectivity index (χ1v) is 8.55. The number of nitrogens with zero attached hydrogens (tertiary/aromatic N) is 2. The smallest absolute Gasteiger partial charge is 0.0547 e. The molecule has 0 bridgehead atoms. The van der Waals surface area contributed by atoms with E-state index in [0.29, 0.717) is 5.92 Å². The lowest BCUT2D eigenvalue weighted by molar-refractivity contribution is 0.252. The van der Waals surface area contributed by atoms with Crippen molar-refractivity contribution in [3.8, 4) is 0 Å². The van der Waals surface area contributed by atoms with E-state index in [0.717, 1.165) is 31.2 Å². The molecule has 21 heavy (non-hydrogen) atoms. The summed E-state index contributed by atoms with van der Waals surface area (Å²) in [5.74, 6) is 1.64. The number of pyridine rings is 1. The zero-order valence-electron chi connectivity index (χ0n) is 13.9. The topological polar surface area (TPSA) is 28.2 Å². The van der Waals surface area contributed by atoms with E-state index in [2.05, 4.69) is 49.2 Å². The van der Waals surface area contributed by atoms with Crippen LogP contribution in [0.5, 0.6) is 0 Å². The minimum absolute atomic E-state index is 0.687. The van der Waals surface area contributed by atoms with Crippen LogP contribution in [0.25, 0.3) is 0 Å². The Morgan fingerprint density at radius 2 is 2.05 bits per heavy atom. The first-order valence-electron chi connectivity index (χ1n) is 8.55. The van der Waals surface area contributed by atoms with E-state index < -0.39 is 0 Å². The van der Waals surface area contributed by atoms with Crippen LogP contribution in [0.2, 0.25) is 0 Å². The van der Waals surface area contributed by atoms with Gasteiger partial charge in [0.15, 0.2) is 0 Å². The fourth-order valence-corrected chi connectivity index (χ4v) is 2.65. The van der Waals surface area contributed by atoms with Crippen LogP contribution in [0.3, 0.4) is 0 Å². The molecule has 118 valence electrons. The lowest BCUT2D eigenvalue weighted by Gasteiger charge is -2.21. The molecule has 0 spiro atoms. The average molecular weight is 289 g/mol. The number of hydrogen-bond acceptors (Lipinski definition) is 3. The molecule has 0 amide bonds. The third-order valence-electron chi connectivity index (χ3n) is 3.86. The lowest BCUT2D eigenvalue weighted by Crippen LogP contribution is -2.27. The van der Waals surface area contributed by atoms with Gasteiger partial charge >= 0.3 is 0 Å². The van der Waals surface area contributed by atoms with Crippen molar-refractivity contribution in [2.45, 2.75) is 53.1 Å². The molecule has 0 radical (unpaired) electrons. The van der Waals surface area contributed by atoms with Crippen LogP contribution in [0, 0.1) is 11.8 Å². The number of aromatic nitrogens is 1. The Bertz CT molecular complexity index is 413. The van der Waals surface area contributed by atoms with Crippen LogP contribution in [-0.4, -0.2) is 29.5 Å². The van der Waals surface area contributed by atoms with Crippen LogP contribution in [-0.2, 0) is 13.1 Å². The maximum absolute atomic E-state index is 4.82. The van der Waals surface area contributed by atoms with E-state index >= 15 is 0 Å². The summed E-state index contributed by atoms with van der Waals surface area (Å²) < 4.78 is 0. The third kappa shape index (κ3) is 6.58. The van der Waals surface area contributed by atoms with E-state index in [1.54, 1.807) is 0 Å². The largest absolute Gasteiger partial charge is 0.311 e. The van der Waals surface area contributed by atoms with Gasteiger partial charge in [-0.1, -0.05) is 26.8 Å². The van der Waals surface area contributed by atoms with Gasteiger partial charge in [-0.2, -0.15) is 0 Å². The summed E-state index contributed by atoms with van der Waals surface area (Å²) >= 11 is 0. The van der Waals surface area contributed by atoms with Gasteiger partial charge in [-0.15, -0.1) is 0 Å². The zero-order valence-corrected chi connectivity index (χ0v) is 13.9. The highest BCUT2D eigenvalue weighted by Crippen LogP contribution is 2.30. The molecule has 0 unspecified atom stereocenters. The van der Waals surface area contributed by atoms with Crippen molar-refractivity contribution in [3.05, 3.63) is 29.6 Å². The number of nitrogens with one attached hydrogen (secondary N) is 1. The van der Waals surface area contributed by atoms with Crippen molar-refractivity contribution in [2.24, 2.45) is 11.8 Å². The fourth-order valence-electron chi connectivity index (χ4n) is 2.65. The Kier molecular flexibility index (Phi) is 6.65. The quantitative estimate of drug-likeness (QED) is 0.715. The fraction of sp³-hybridized carbons (Fsp3) is 0.722. The molecule has 1 heterocycles. The van der Waals surface area contributed by atoms with Crippen molar-refractivity contribution in [1.29, 1.82) is 0 Å². The zero-order chi connectivity index (χ0) is 15.1. The summed E-state index contributed by atoms with van der Waals surface area (Å²) in [6.07, 6.45) is 4.07. The summed E-state index contributed by atoms with van der Waals surface area (Å²) in [7, 11) is 0. The highest BCUT2D eigenvalue weighted by atomic mass is 15.1. The summed E-state index contributed by atoms with van der Waals surface area (Å²) in [6.45, 7) is 12.1. The SMILES string of the molecule is CCCN(Cc1cccc(CNCC(C)C)n1)CC1CC1. The van der Waals surface area contributed by atoms with Crippen LogP contribution < -0.4 is 5.32 Å². The Morgan fingerprint density at radius 1 is 1.29 bits per heavy atom. The molecule has 1 aliphatic rings. The summed E-state index contributed by atoms with van der Waals surface area (Å²) in [5.41, 5.74) is 2.38. The maximum atomic E-state index is 4.82. The van der Waals surface area contributed by atoms with Crippen molar-refractivity contribution in [1.82, 2.24) is 15.2 Å². The molecular weight excluding hydrogens is 258 g/mol. The Morgan fingerprint density at radius 3 is 2.71 bits per heavy atom. The highest BCUT2D eigenvalue weighted by molar-refractivity contribution is 5.11. The van der Waals surface area contributed by atoms with Gasteiger partial charge in [0.25, 0.3) is 0 Å². The normalized spacial score (nSPS) is 15.1. The van der Waals surface area contributed by atoms with Crippen LogP contribution >= 0.6 is 0 Å². The molecule has 0 aromatic carbocycles. The molecule has 3 heteroatoms. The Balaban J connectivity index is 1.85. The first-order chi connectivity index (χ1) is 10.2. The summed E-state index contributed by atoms with van der Waals surface area (Å²) in [5, 5.41) is 3.47. The first kappa shape index (κ1) is 16.4. The second-order valence-electron chi connectivity index (χ2n) is 6.82. The minimum Gasteiger partial charge on any atom is -0.311 e. The van der Waals surface area contributed by atoms with Gasteiger partial charge in [0, 0.05) is 19.6 Å². The second kappa shape index (κ2) is 8.50. The van der Waals surface area contributed by atoms with Crippen molar-refractivity contribution >= 4 is 0 Å². The van der Waals surface area contributed by atoms with E-state index in [-0.39, 0.29) is 0 Å². The molecular formula is C18H31N3. The van der Waals surface area contributed by atoms with Gasteiger partial charge in [0.2, 0.25) is 0 Å². The molecule has 0 saturated heterocycles. The molecule has 1 fully saturated rings. The van der Waals surface area contributed by atoms with Crippen molar-refractivity contribution in [2.75, 3.05) is 19.6 Å². The molecule has 2 rings (SSSR count). The number of rotatable bonds is 10. The molecule has 1 aliphatic carbocycles. The van der Waals surface area contributed by atoms with Crippen molar-refractivity contribution < 1.29 is 0 Å². The molecule has 1 aromatic rings. The Hall–Kier alpha value is -0.930. The average Bonchev–Trinajstić information content (AvgIpc) is 3.23. The van der Waals surface area contributed by atoms with Crippen LogP contribution in [0.1, 0.15) is 51.4 Å². The van der Waals surface area contributed by atoms with E-state index in [9.17, 15) is 0 Å². The van der Waals surface area contributed by atoms with E-state index in [1.165, 1.54) is 38.0 Å². The van der Waals surface area contributed by atoms with Gasteiger partial charge in [-0.3, -0.25) is 9.88 Å². The summed E-state index contributed by atoms with van der Waals surface area (Å²) in [6, 6.07) is 6.44. The van der Waals surface area contributed by atoms with Gasteiger partial charge in [0.05, 0.1) is 11.4 Å². The second-order valence-corrected chi connectivity index (χ2v) is 6.82. The van der Waals surface area contributed by atoms with Crippen LogP contribution in [0.15, 0.2) is 18.2 Å². The molecule has 0 aliphatic heterocycles. The standard InChI is InChI=1S/C18H31N3/c1-4-10-21(13-16-8-9-16)14-18-7-5-6-17(20-18)12-19-11-15(2)3/h5-7,15-16,19H,4,8-14H2,1-3H3. The Labute approximate surface area is 130 Å². The molecule has 3 nitrogen and oxygen atoms in total. The van der Waals surface area contributed by atoms with Crippen molar-refractivity contribution in [3.63, 3.8) is 0 Å². The van der Waals surface area contributed by atoms with Gasteiger partial charge < -0.3 is 5.32 Å². The molecule has 1 aromatic heterocycles. The van der Waals surface area contributed by atoms with Gasteiger partial charge in [0.1, 0.15) is 0 Å². The van der Waals surface area contributed by atoms with E-state index in [1.807, 2.05) is 0 Å². The summed E-state index contributed by atoms with van der Waals surface area (Å²) in [4.78, 5) is 7.39. The minimum atomic E-state index is 0.687. The van der Waals surface area contributed by atoms with Gasteiger partial charge in [-0.25, -0.2) is 0 Å². The maximum Gasteiger partial charge on any atom is 0.0547 e. The lowest BCUT2D eigenvalue weighted by atomic mass is 10.2.